The van der Waals surface area contributed by atoms with E-state index in [0.29, 0.717) is 6.54 Å². The summed E-state index contributed by atoms with van der Waals surface area (Å²) in [5, 5.41) is 12.4. The van der Waals surface area contributed by atoms with Gasteiger partial charge in [-0.1, -0.05) is 35.5 Å². The van der Waals surface area contributed by atoms with Crippen molar-refractivity contribution in [3.05, 3.63) is 51.9 Å². The molecule has 0 radical (unpaired) electrons. The van der Waals surface area contributed by atoms with Gasteiger partial charge in [-0.2, -0.15) is 0 Å². The number of rotatable bonds is 5. The van der Waals surface area contributed by atoms with E-state index in [9.17, 15) is 0 Å². The van der Waals surface area contributed by atoms with Crippen LogP contribution in [0, 0.1) is 0 Å². The van der Waals surface area contributed by atoms with Gasteiger partial charge in [0, 0.05) is 11.5 Å². The van der Waals surface area contributed by atoms with Crippen LogP contribution in [0.15, 0.2) is 35.5 Å². The molecule has 0 spiro atoms. The minimum atomic E-state index is 0.0560. The molecule has 1 aromatic carbocycles. The Hall–Kier alpha value is -1.77. The van der Waals surface area contributed by atoms with Gasteiger partial charge < -0.3 is 5.11 Å². The molecule has 0 unspecified atom stereocenters. The van der Waals surface area contributed by atoms with Crippen LogP contribution >= 0.6 is 0 Å². The number of azide groups is 1. The first-order valence-electron chi connectivity index (χ1n) is 4.74. The Labute approximate surface area is 88.5 Å². The van der Waals surface area contributed by atoms with E-state index in [0.717, 1.165) is 17.5 Å². The Bertz CT molecular complexity index is 381. The molecular formula is C11H13N3O. The van der Waals surface area contributed by atoms with Gasteiger partial charge in [-0.15, -0.1) is 0 Å². The third-order valence-electron chi connectivity index (χ3n) is 1.90. The van der Waals surface area contributed by atoms with E-state index in [1.807, 2.05) is 36.4 Å². The quantitative estimate of drug-likeness (QED) is 0.340. The Morgan fingerprint density at radius 1 is 1.47 bits per heavy atom. The van der Waals surface area contributed by atoms with E-state index in [2.05, 4.69) is 10.0 Å². The Morgan fingerprint density at radius 3 is 3.07 bits per heavy atom. The SMILES string of the molecule is [N-]=[N+]=NCCC=Cc1cccc(CO)c1. The summed E-state index contributed by atoms with van der Waals surface area (Å²) >= 11 is 0. The van der Waals surface area contributed by atoms with Crippen LogP contribution in [0.1, 0.15) is 17.5 Å². The van der Waals surface area contributed by atoms with E-state index in [1.54, 1.807) is 0 Å². The first kappa shape index (κ1) is 11.3. The number of nitrogens with zero attached hydrogens (tertiary/aromatic N) is 3. The lowest BCUT2D eigenvalue weighted by molar-refractivity contribution is 0.282. The standard InChI is InChI=1S/C11H13N3O/c12-14-13-7-2-1-4-10-5-3-6-11(8-10)9-15/h1,3-6,8,15H,2,7,9H2. The van der Waals surface area contributed by atoms with E-state index >= 15 is 0 Å². The fourth-order valence-electron chi connectivity index (χ4n) is 1.19. The summed E-state index contributed by atoms with van der Waals surface area (Å²) in [6.45, 7) is 0.535. The Kier molecular flexibility index (Phi) is 5.01. The number of hydrogen-bond acceptors (Lipinski definition) is 2. The van der Waals surface area contributed by atoms with Gasteiger partial charge in [0.2, 0.25) is 0 Å². The molecule has 0 bridgehead atoms. The predicted molar refractivity (Wildman–Crippen MR) is 60.0 cm³/mol. The van der Waals surface area contributed by atoms with Crippen LogP contribution in [-0.2, 0) is 6.61 Å². The molecule has 0 amide bonds. The van der Waals surface area contributed by atoms with Crippen molar-refractivity contribution in [2.75, 3.05) is 6.54 Å². The van der Waals surface area contributed by atoms with Crippen molar-refractivity contribution < 1.29 is 5.11 Å². The second kappa shape index (κ2) is 6.65. The van der Waals surface area contributed by atoms with E-state index in [1.165, 1.54) is 0 Å². The highest BCUT2D eigenvalue weighted by Gasteiger charge is 1.90. The molecule has 0 atom stereocenters. The molecule has 0 heterocycles. The maximum absolute atomic E-state index is 8.92. The molecule has 78 valence electrons. The summed E-state index contributed by atoms with van der Waals surface area (Å²) in [6, 6.07) is 7.66. The number of hydrogen-bond donors (Lipinski definition) is 1. The average molecular weight is 203 g/mol. The van der Waals surface area contributed by atoms with Crippen molar-refractivity contribution in [2.24, 2.45) is 5.11 Å². The molecular weight excluding hydrogens is 190 g/mol. The second-order valence-electron chi connectivity index (χ2n) is 3.05. The highest BCUT2D eigenvalue weighted by molar-refractivity contribution is 5.50. The molecule has 0 aliphatic carbocycles. The summed E-state index contributed by atoms with van der Waals surface area (Å²) in [5.41, 5.74) is 10.00. The summed E-state index contributed by atoms with van der Waals surface area (Å²) < 4.78 is 0. The van der Waals surface area contributed by atoms with Crippen LogP contribution in [0.25, 0.3) is 16.5 Å². The molecule has 0 fully saturated rings. The minimum absolute atomic E-state index is 0.0560. The summed E-state index contributed by atoms with van der Waals surface area (Å²) in [6.07, 6.45) is 4.63. The lowest BCUT2D eigenvalue weighted by Crippen LogP contribution is -1.82. The van der Waals surface area contributed by atoms with Crippen LogP contribution in [0.2, 0.25) is 0 Å². The summed E-state index contributed by atoms with van der Waals surface area (Å²) in [7, 11) is 0. The molecule has 0 saturated carbocycles. The molecule has 4 heteroatoms. The van der Waals surface area contributed by atoms with Gasteiger partial charge in [0.25, 0.3) is 0 Å². The Balaban J connectivity index is 2.52. The normalized spacial score (nSPS) is 10.2. The molecule has 0 aromatic heterocycles. The van der Waals surface area contributed by atoms with Crippen LogP contribution in [0.3, 0.4) is 0 Å². The molecule has 1 N–H and O–H groups in total. The van der Waals surface area contributed by atoms with Gasteiger partial charge in [0.15, 0.2) is 0 Å². The summed E-state index contributed by atoms with van der Waals surface area (Å²) in [4.78, 5) is 2.67. The fraction of sp³-hybridized carbons (Fsp3) is 0.273. The first-order valence-corrected chi connectivity index (χ1v) is 4.74. The zero-order valence-electron chi connectivity index (χ0n) is 8.37. The van der Waals surface area contributed by atoms with Gasteiger partial charge in [-0.25, -0.2) is 0 Å². The van der Waals surface area contributed by atoms with Crippen molar-refractivity contribution in [1.29, 1.82) is 0 Å². The van der Waals surface area contributed by atoms with Crippen molar-refractivity contribution in [2.45, 2.75) is 13.0 Å². The zero-order valence-corrected chi connectivity index (χ0v) is 8.37. The first-order chi connectivity index (χ1) is 7.36. The van der Waals surface area contributed by atoms with Crippen LogP contribution < -0.4 is 0 Å². The second-order valence-corrected chi connectivity index (χ2v) is 3.05. The molecule has 1 aromatic rings. The average Bonchev–Trinajstić information content (AvgIpc) is 2.29. The van der Waals surface area contributed by atoms with Crippen LogP contribution in [-0.4, -0.2) is 11.7 Å². The van der Waals surface area contributed by atoms with Gasteiger partial charge >= 0.3 is 0 Å². The highest BCUT2D eigenvalue weighted by Crippen LogP contribution is 2.07. The number of benzene rings is 1. The smallest absolute Gasteiger partial charge is 0.0682 e. The predicted octanol–water partition coefficient (Wildman–Crippen LogP) is 2.89. The molecule has 0 saturated heterocycles. The maximum Gasteiger partial charge on any atom is 0.0682 e. The van der Waals surface area contributed by atoms with Crippen LogP contribution in [0.5, 0.6) is 0 Å². The Morgan fingerprint density at radius 2 is 2.33 bits per heavy atom. The largest absolute Gasteiger partial charge is 0.392 e. The van der Waals surface area contributed by atoms with E-state index < -0.39 is 0 Å². The number of aliphatic hydroxyl groups excluding tert-OH is 1. The van der Waals surface area contributed by atoms with Gasteiger partial charge in [0.1, 0.15) is 0 Å². The summed E-state index contributed by atoms with van der Waals surface area (Å²) in [5.74, 6) is 0. The molecule has 0 aliphatic heterocycles. The monoisotopic (exact) mass is 203 g/mol. The molecule has 15 heavy (non-hydrogen) atoms. The maximum atomic E-state index is 8.92. The van der Waals surface area contributed by atoms with Crippen molar-refractivity contribution in [3.8, 4) is 0 Å². The lowest BCUT2D eigenvalue weighted by atomic mass is 10.1. The van der Waals surface area contributed by atoms with Gasteiger partial charge in [0.05, 0.1) is 6.61 Å². The topological polar surface area (TPSA) is 69.0 Å². The molecule has 1 rings (SSSR count). The van der Waals surface area contributed by atoms with E-state index in [-0.39, 0.29) is 6.61 Å². The van der Waals surface area contributed by atoms with Gasteiger partial charge in [-0.05, 0) is 29.1 Å². The minimum Gasteiger partial charge on any atom is -0.392 e. The molecule has 0 aliphatic rings. The van der Waals surface area contributed by atoms with Crippen LogP contribution in [0.4, 0.5) is 0 Å². The third-order valence-corrected chi connectivity index (χ3v) is 1.90. The van der Waals surface area contributed by atoms with Gasteiger partial charge in [-0.3, -0.25) is 0 Å². The van der Waals surface area contributed by atoms with E-state index in [4.69, 9.17) is 10.6 Å². The van der Waals surface area contributed by atoms with Crippen molar-refractivity contribution in [1.82, 2.24) is 0 Å². The molecule has 4 nitrogen and oxygen atoms in total. The lowest BCUT2D eigenvalue weighted by Gasteiger charge is -1.97. The highest BCUT2D eigenvalue weighted by atomic mass is 16.3. The van der Waals surface area contributed by atoms with Crippen molar-refractivity contribution in [3.63, 3.8) is 0 Å². The third kappa shape index (κ3) is 4.31. The zero-order chi connectivity index (χ0) is 10.9. The fourth-order valence-corrected chi connectivity index (χ4v) is 1.19. The van der Waals surface area contributed by atoms with Crippen molar-refractivity contribution >= 4 is 6.08 Å². The number of aliphatic hydroxyl groups is 1.